The number of nitrogens with zero attached hydrogens (tertiary/aromatic N) is 1. The fourth-order valence-electron chi connectivity index (χ4n) is 1.88. The number of carbonyl (C=O) groups excluding carboxylic acids is 1. The van der Waals surface area contributed by atoms with Gasteiger partial charge in [-0.05, 0) is 18.6 Å². The molecule has 0 aliphatic carbocycles. The predicted octanol–water partition coefficient (Wildman–Crippen LogP) is 3.11. The van der Waals surface area contributed by atoms with Crippen LogP contribution in [-0.2, 0) is 29.1 Å². The molecule has 2 rings (SSSR count). The summed E-state index contributed by atoms with van der Waals surface area (Å²) < 4.78 is 5.05. The van der Waals surface area contributed by atoms with E-state index in [4.69, 9.17) is 16.3 Å². The fraction of sp³-hybridized carbons (Fsp3) is 0.333. The molecule has 0 saturated heterocycles. The lowest BCUT2D eigenvalue weighted by Crippen LogP contribution is -2.24. The zero-order valence-corrected chi connectivity index (χ0v) is 13.6. The maximum absolute atomic E-state index is 12.0. The Kier molecular flexibility index (Phi) is 5.73. The molecular weight excluding hydrogens is 308 g/mol. The van der Waals surface area contributed by atoms with Crippen LogP contribution in [0.15, 0.2) is 24.3 Å². The van der Waals surface area contributed by atoms with Crippen LogP contribution in [0.2, 0.25) is 5.02 Å². The van der Waals surface area contributed by atoms with E-state index in [2.05, 4.69) is 10.3 Å². The number of aromatic nitrogens is 1. The molecular formula is C15H17ClN2O2S. The van der Waals surface area contributed by atoms with Crippen molar-refractivity contribution in [3.8, 4) is 0 Å². The van der Waals surface area contributed by atoms with E-state index in [1.165, 1.54) is 11.3 Å². The van der Waals surface area contributed by atoms with Gasteiger partial charge in [-0.1, -0.05) is 29.8 Å². The second-order valence-electron chi connectivity index (χ2n) is 4.59. The van der Waals surface area contributed by atoms with Crippen molar-refractivity contribution < 1.29 is 9.53 Å². The van der Waals surface area contributed by atoms with Gasteiger partial charge in [0, 0.05) is 23.6 Å². The number of nitrogens with one attached hydrogen (secondary N) is 1. The van der Waals surface area contributed by atoms with Crippen molar-refractivity contribution in [3.63, 3.8) is 0 Å². The SMILES string of the molecule is COCc1nc(C)c(CC(=O)NCc2ccccc2Cl)s1. The minimum absolute atomic E-state index is 0.0364. The molecule has 2 aromatic rings. The summed E-state index contributed by atoms with van der Waals surface area (Å²) in [5.41, 5.74) is 1.80. The van der Waals surface area contributed by atoms with Crippen molar-refractivity contribution in [2.24, 2.45) is 0 Å². The first-order valence-corrected chi connectivity index (χ1v) is 7.74. The minimum Gasteiger partial charge on any atom is -0.378 e. The molecule has 0 atom stereocenters. The molecule has 1 amide bonds. The lowest BCUT2D eigenvalue weighted by atomic mass is 10.2. The summed E-state index contributed by atoms with van der Waals surface area (Å²) in [4.78, 5) is 17.4. The molecule has 112 valence electrons. The van der Waals surface area contributed by atoms with Gasteiger partial charge in [-0.25, -0.2) is 4.98 Å². The third-order valence-electron chi connectivity index (χ3n) is 2.96. The van der Waals surface area contributed by atoms with Crippen LogP contribution in [0.1, 0.15) is 21.1 Å². The number of rotatable bonds is 6. The van der Waals surface area contributed by atoms with Gasteiger partial charge >= 0.3 is 0 Å². The number of ether oxygens (including phenoxy) is 1. The van der Waals surface area contributed by atoms with Gasteiger partial charge in [0.1, 0.15) is 5.01 Å². The minimum atomic E-state index is -0.0364. The van der Waals surface area contributed by atoms with Crippen molar-refractivity contribution in [2.75, 3.05) is 7.11 Å². The predicted molar refractivity (Wildman–Crippen MR) is 84.6 cm³/mol. The van der Waals surface area contributed by atoms with E-state index < -0.39 is 0 Å². The highest BCUT2D eigenvalue weighted by Gasteiger charge is 2.12. The number of amides is 1. The van der Waals surface area contributed by atoms with E-state index in [0.29, 0.717) is 24.6 Å². The van der Waals surface area contributed by atoms with Crippen molar-refractivity contribution in [3.05, 3.63) is 50.4 Å². The lowest BCUT2D eigenvalue weighted by Gasteiger charge is -2.06. The van der Waals surface area contributed by atoms with E-state index in [-0.39, 0.29) is 5.91 Å². The number of hydrogen-bond acceptors (Lipinski definition) is 4. The number of benzene rings is 1. The van der Waals surface area contributed by atoms with Gasteiger partial charge < -0.3 is 10.1 Å². The molecule has 1 heterocycles. The molecule has 0 unspecified atom stereocenters. The van der Waals surface area contributed by atoms with E-state index in [1.54, 1.807) is 7.11 Å². The standard InChI is InChI=1S/C15H17ClN2O2S/c1-10-13(21-15(18-10)9-20-2)7-14(19)17-8-11-5-3-4-6-12(11)16/h3-6H,7-9H2,1-2H3,(H,17,19). The highest BCUT2D eigenvalue weighted by atomic mass is 35.5. The second kappa shape index (κ2) is 7.54. The van der Waals surface area contributed by atoms with Crippen LogP contribution in [-0.4, -0.2) is 18.0 Å². The third kappa shape index (κ3) is 4.52. The molecule has 1 aromatic heterocycles. The number of halogens is 1. The van der Waals surface area contributed by atoms with Gasteiger partial charge in [-0.2, -0.15) is 0 Å². The van der Waals surface area contributed by atoms with Crippen molar-refractivity contribution in [1.29, 1.82) is 0 Å². The zero-order chi connectivity index (χ0) is 15.2. The first kappa shape index (κ1) is 15.9. The quantitative estimate of drug-likeness (QED) is 0.888. The molecule has 21 heavy (non-hydrogen) atoms. The van der Waals surface area contributed by atoms with Gasteiger partial charge in [0.05, 0.1) is 18.7 Å². The average molecular weight is 325 g/mol. The maximum Gasteiger partial charge on any atom is 0.225 e. The molecule has 0 bridgehead atoms. The monoisotopic (exact) mass is 324 g/mol. The van der Waals surface area contributed by atoms with Crippen LogP contribution in [0, 0.1) is 6.92 Å². The lowest BCUT2D eigenvalue weighted by molar-refractivity contribution is -0.120. The fourth-order valence-corrected chi connectivity index (χ4v) is 3.12. The number of methoxy groups -OCH3 is 1. The molecule has 0 fully saturated rings. The van der Waals surface area contributed by atoms with Crippen molar-refractivity contribution >= 4 is 28.8 Å². The topological polar surface area (TPSA) is 51.2 Å². The number of thiazole rings is 1. The van der Waals surface area contributed by atoms with Crippen molar-refractivity contribution in [2.45, 2.75) is 26.5 Å². The Bertz CT molecular complexity index is 628. The Balaban J connectivity index is 1.91. The van der Waals surface area contributed by atoms with Gasteiger partial charge in [0.25, 0.3) is 0 Å². The molecule has 4 nitrogen and oxygen atoms in total. The summed E-state index contributed by atoms with van der Waals surface area (Å²) in [7, 11) is 1.63. The van der Waals surface area contributed by atoms with Gasteiger partial charge in [-0.15, -0.1) is 11.3 Å². The van der Waals surface area contributed by atoms with E-state index >= 15 is 0 Å². The highest BCUT2D eigenvalue weighted by Crippen LogP contribution is 2.19. The number of carbonyl (C=O) groups is 1. The normalized spacial score (nSPS) is 10.6. The van der Waals surface area contributed by atoms with Crippen LogP contribution >= 0.6 is 22.9 Å². The Labute approximate surface area is 133 Å². The van der Waals surface area contributed by atoms with Gasteiger partial charge in [0.2, 0.25) is 5.91 Å². The molecule has 0 radical (unpaired) electrons. The molecule has 0 saturated carbocycles. The number of aryl methyl sites for hydroxylation is 1. The molecule has 0 aliphatic heterocycles. The first-order chi connectivity index (χ1) is 10.1. The smallest absolute Gasteiger partial charge is 0.225 e. The summed E-state index contributed by atoms with van der Waals surface area (Å²) in [6, 6.07) is 7.48. The molecule has 1 N–H and O–H groups in total. The van der Waals surface area contributed by atoms with E-state index in [1.807, 2.05) is 31.2 Å². The molecule has 0 aliphatic rings. The molecule has 6 heteroatoms. The second-order valence-corrected chi connectivity index (χ2v) is 6.17. The Morgan fingerprint density at radius 1 is 1.43 bits per heavy atom. The van der Waals surface area contributed by atoms with Gasteiger partial charge in [-0.3, -0.25) is 4.79 Å². The van der Waals surface area contributed by atoms with Crippen molar-refractivity contribution in [1.82, 2.24) is 10.3 Å². The highest BCUT2D eigenvalue weighted by molar-refractivity contribution is 7.11. The first-order valence-electron chi connectivity index (χ1n) is 6.54. The Morgan fingerprint density at radius 2 is 2.19 bits per heavy atom. The van der Waals surface area contributed by atoms with Crippen LogP contribution in [0.4, 0.5) is 0 Å². The summed E-state index contributed by atoms with van der Waals surface area (Å²) in [5.74, 6) is -0.0364. The summed E-state index contributed by atoms with van der Waals surface area (Å²) in [5, 5.41) is 4.43. The maximum atomic E-state index is 12.0. The van der Waals surface area contributed by atoms with Crippen LogP contribution in [0.5, 0.6) is 0 Å². The molecule has 0 spiro atoms. The van der Waals surface area contributed by atoms with Gasteiger partial charge in [0.15, 0.2) is 0 Å². The number of hydrogen-bond donors (Lipinski definition) is 1. The summed E-state index contributed by atoms with van der Waals surface area (Å²) >= 11 is 7.57. The summed E-state index contributed by atoms with van der Waals surface area (Å²) in [6.07, 6.45) is 0.331. The van der Waals surface area contributed by atoms with Crippen LogP contribution in [0.3, 0.4) is 0 Å². The third-order valence-corrected chi connectivity index (χ3v) is 4.46. The Hall–Kier alpha value is -1.43. The van der Waals surface area contributed by atoms with Crippen LogP contribution in [0.25, 0.3) is 0 Å². The molecule has 1 aromatic carbocycles. The van der Waals surface area contributed by atoms with E-state index in [0.717, 1.165) is 21.1 Å². The average Bonchev–Trinajstić information content (AvgIpc) is 2.78. The Morgan fingerprint density at radius 3 is 2.90 bits per heavy atom. The van der Waals surface area contributed by atoms with E-state index in [9.17, 15) is 4.79 Å². The summed E-state index contributed by atoms with van der Waals surface area (Å²) in [6.45, 7) is 2.82. The zero-order valence-electron chi connectivity index (χ0n) is 12.0. The largest absolute Gasteiger partial charge is 0.378 e. The van der Waals surface area contributed by atoms with Crippen LogP contribution < -0.4 is 5.32 Å².